The van der Waals surface area contributed by atoms with Crippen molar-refractivity contribution in [3.8, 4) is 0 Å². The SMILES string of the molecule is CC1CCC(C2CCC(C3CC(F)C(F)C(F)C3)CC2)CC1. The molecule has 3 saturated carbocycles. The van der Waals surface area contributed by atoms with Crippen LogP contribution in [0.2, 0.25) is 0 Å². The van der Waals surface area contributed by atoms with Crippen molar-refractivity contribution < 1.29 is 13.2 Å². The second kappa shape index (κ2) is 7.13. The van der Waals surface area contributed by atoms with E-state index in [2.05, 4.69) is 6.92 Å². The second-order valence-corrected chi connectivity index (χ2v) is 8.40. The highest BCUT2D eigenvalue weighted by atomic mass is 19.2. The van der Waals surface area contributed by atoms with Crippen LogP contribution in [0.3, 0.4) is 0 Å². The van der Waals surface area contributed by atoms with Gasteiger partial charge in [0.05, 0.1) is 0 Å². The number of hydrogen-bond acceptors (Lipinski definition) is 0. The van der Waals surface area contributed by atoms with Crippen molar-refractivity contribution in [2.24, 2.45) is 29.6 Å². The Hall–Kier alpha value is -0.210. The van der Waals surface area contributed by atoms with Crippen LogP contribution in [0, 0.1) is 29.6 Å². The molecular formula is C19H31F3. The molecular weight excluding hydrogens is 285 g/mol. The molecule has 0 aromatic rings. The third-order valence-electron chi connectivity index (χ3n) is 6.96. The van der Waals surface area contributed by atoms with E-state index in [4.69, 9.17) is 0 Å². The van der Waals surface area contributed by atoms with Crippen molar-refractivity contribution in [2.45, 2.75) is 89.6 Å². The summed E-state index contributed by atoms with van der Waals surface area (Å²) in [6.45, 7) is 2.36. The van der Waals surface area contributed by atoms with Gasteiger partial charge < -0.3 is 0 Å². The molecule has 3 heteroatoms. The normalized spacial score (nSPS) is 50.7. The molecule has 0 amide bonds. The Labute approximate surface area is 133 Å². The lowest BCUT2D eigenvalue weighted by molar-refractivity contribution is -0.00699. The van der Waals surface area contributed by atoms with E-state index in [0.29, 0.717) is 5.92 Å². The Morgan fingerprint density at radius 2 is 0.909 bits per heavy atom. The minimum atomic E-state index is -1.88. The van der Waals surface area contributed by atoms with Gasteiger partial charge >= 0.3 is 0 Å². The van der Waals surface area contributed by atoms with Gasteiger partial charge in [-0.2, -0.15) is 0 Å². The molecule has 0 nitrogen and oxygen atoms in total. The average molecular weight is 316 g/mol. The van der Waals surface area contributed by atoms with Gasteiger partial charge in [-0.25, -0.2) is 13.2 Å². The number of halogens is 3. The Bertz CT molecular complexity index is 331. The average Bonchev–Trinajstić information content (AvgIpc) is 2.53. The summed E-state index contributed by atoms with van der Waals surface area (Å²) < 4.78 is 40.5. The van der Waals surface area contributed by atoms with Crippen LogP contribution in [0.1, 0.15) is 71.1 Å². The van der Waals surface area contributed by atoms with Gasteiger partial charge in [0.15, 0.2) is 6.17 Å². The van der Waals surface area contributed by atoms with Crippen LogP contribution >= 0.6 is 0 Å². The van der Waals surface area contributed by atoms with E-state index in [-0.39, 0.29) is 18.8 Å². The van der Waals surface area contributed by atoms with Crippen molar-refractivity contribution in [2.75, 3.05) is 0 Å². The highest BCUT2D eigenvalue weighted by Gasteiger charge is 2.42. The maximum atomic E-state index is 13.6. The highest BCUT2D eigenvalue weighted by molar-refractivity contribution is 4.91. The van der Waals surface area contributed by atoms with Crippen LogP contribution in [0.4, 0.5) is 13.2 Å². The fourth-order valence-corrected chi connectivity index (χ4v) is 5.39. The lowest BCUT2D eigenvalue weighted by atomic mass is 9.65. The number of rotatable bonds is 2. The molecule has 0 heterocycles. The van der Waals surface area contributed by atoms with Gasteiger partial charge in [0.25, 0.3) is 0 Å². The Morgan fingerprint density at radius 3 is 1.36 bits per heavy atom. The van der Waals surface area contributed by atoms with Crippen molar-refractivity contribution in [3.05, 3.63) is 0 Å². The van der Waals surface area contributed by atoms with Gasteiger partial charge in [-0.15, -0.1) is 0 Å². The first-order chi connectivity index (χ1) is 10.5. The molecule has 128 valence electrons. The molecule has 0 N–H and O–H groups in total. The molecule has 3 aliphatic rings. The summed E-state index contributed by atoms with van der Waals surface area (Å²) in [7, 11) is 0. The lowest BCUT2D eigenvalue weighted by Gasteiger charge is -2.41. The van der Waals surface area contributed by atoms with Crippen LogP contribution in [-0.2, 0) is 0 Å². The molecule has 0 aliphatic heterocycles. The molecule has 0 radical (unpaired) electrons. The smallest absolute Gasteiger partial charge is 0.162 e. The summed E-state index contributed by atoms with van der Waals surface area (Å²) in [5.41, 5.74) is 0. The molecule has 3 aliphatic carbocycles. The molecule has 0 saturated heterocycles. The third-order valence-corrected chi connectivity index (χ3v) is 6.96. The zero-order valence-corrected chi connectivity index (χ0v) is 13.8. The minimum absolute atomic E-state index is 0.0735. The summed E-state index contributed by atoms with van der Waals surface area (Å²) in [6.07, 6.45) is 5.64. The molecule has 0 aromatic carbocycles. The standard InChI is InChI=1S/C19H31F3/c1-12-2-4-13(5-3-12)14-6-8-15(9-7-14)16-10-17(20)19(22)18(21)11-16/h12-19H,2-11H2,1H3. The van der Waals surface area contributed by atoms with E-state index in [1.807, 2.05) is 0 Å². The van der Waals surface area contributed by atoms with E-state index in [9.17, 15) is 13.2 Å². The van der Waals surface area contributed by atoms with Gasteiger partial charge in [-0.05, 0) is 81.0 Å². The summed E-state index contributed by atoms with van der Waals surface area (Å²) in [5, 5.41) is 0. The second-order valence-electron chi connectivity index (χ2n) is 8.40. The molecule has 3 fully saturated rings. The van der Waals surface area contributed by atoms with Crippen LogP contribution in [0.15, 0.2) is 0 Å². The predicted octanol–water partition coefficient (Wildman–Crippen LogP) is 6.04. The maximum Gasteiger partial charge on any atom is 0.162 e. The molecule has 3 rings (SSSR count). The zero-order valence-electron chi connectivity index (χ0n) is 13.8. The molecule has 2 unspecified atom stereocenters. The van der Waals surface area contributed by atoms with E-state index >= 15 is 0 Å². The molecule has 22 heavy (non-hydrogen) atoms. The van der Waals surface area contributed by atoms with Gasteiger partial charge in [-0.3, -0.25) is 0 Å². The number of alkyl halides is 3. The summed E-state index contributed by atoms with van der Waals surface area (Å²) in [5.74, 6) is 3.13. The maximum absolute atomic E-state index is 13.6. The van der Waals surface area contributed by atoms with Crippen LogP contribution in [0.5, 0.6) is 0 Å². The third kappa shape index (κ3) is 3.64. The largest absolute Gasteiger partial charge is 0.244 e. The fraction of sp³-hybridized carbons (Fsp3) is 1.00. The topological polar surface area (TPSA) is 0 Å². The molecule has 0 aromatic heterocycles. The minimum Gasteiger partial charge on any atom is -0.244 e. The first-order valence-corrected chi connectivity index (χ1v) is 9.46. The number of hydrogen-bond donors (Lipinski definition) is 0. The molecule has 0 bridgehead atoms. The van der Waals surface area contributed by atoms with Gasteiger partial charge in [0, 0.05) is 0 Å². The summed E-state index contributed by atoms with van der Waals surface area (Å²) in [4.78, 5) is 0. The van der Waals surface area contributed by atoms with Gasteiger partial charge in [-0.1, -0.05) is 19.8 Å². The first kappa shape index (κ1) is 16.6. The van der Waals surface area contributed by atoms with Crippen LogP contribution in [0.25, 0.3) is 0 Å². The van der Waals surface area contributed by atoms with E-state index in [1.165, 1.54) is 38.5 Å². The van der Waals surface area contributed by atoms with Crippen molar-refractivity contribution in [1.29, 1.82) is 0 Å². The van der Waals surface area contributed by atoms with Crippen molar-refractivity contribution >= 4 is 0 Å². The summed E-state index contributed by atoms with van der Waals surface area (Å²) >= 11 is 0. The monoisotopic (exact) mass is 316 g/mol. The fourth-order valence-electron chi connectivity index (χ4n) is 5.39. The van der Waals surface area contributed by atoms with Gasteiger partial charge in [0.2, 0.25) is 0 Å². The molecule has 0 spiro atoms. The summed E-state index contributed by atoms with van der Waals surface area (Å²) in [6, 6.07) is 0. The van der Waals surface area contributed by atoms with Crippen molar-refractivity contribution in [3.63, 3.8) is 0 Å². The van der Waals surface area contributed by atoms with E-state index < -0.39 is 18.5 Å². The Kier molecular flexibility index (Phi) is 5.39. The van der Waals surface area contributed by atoms with Gasteiger partial charge in [0.1, 0.15) is 12.3 Å². The quantitative estimate of drug-likeness (QED) is 0.582. The molecule has 2 atom stereocenters. The Morgan fingerprint density at radius 1 is 0.545 bits per heavy atom. The van der Waals surface area contributed by atoms with E-state index in [1.54, 1.807) is 0 Å². The van der Waals surface area contributed by atoms with Crippen molar-refractivity contribution in [1.82, 2.24) is 0 Å². The Balaban J connectivity index is 1.47. The highest BCUT2D eigenvalue weighted by Crippen LogP contribution is 2.46. The van der Waals surface area contributed by atoms with Crippen LogP contribution in [-0.4, -0.2) is 18.5 Å². The van der Waals surface area contributed by atoms with E-state index in [0.717, 1.165) is 30.6 Å². The first-order valence-electron chi connectivity index (χ1n) is 9.46. The van der Waals surface area contributed by atoms with Crippen LogP contribution < -0.4 is 0 Å². The zero-order chi connectivity index (χ0) is 15.7. The lowest BCUT2D eigenvalue weighted by Crippen LogP contribution is -2.40. The predicted molar refractivity (Wildman–Crippen MR) is 84.0 cm³/mol.